The van der Waals surface area contributed by atoms with Crippen LogP contribution in [0, 0.1) is 0 Å². The van der Waals surface area contributed by atoms with Crippen LogP contribution in [0.2, 0.25) is 0 Å². The van der Waals surface area contributed by atoms with Crippen molar-refractivity contribution < 1.29 is 28.9 Å². The summed E-state index contributed by atoms with van der Waals surface area (Å²) in [6.07, 6.45) is -0.331. The monoisotopic (exact) mass is 359 g/mol. The van der Waals surface area contributed by atoms with Crippen molar-refractivity contribution in [2.75, 3.05) is 26.1 Å². The molecule has 0 heterocycles. The van der Waals surface area contributed by atoms with Gasteiger partial charge in [-0.1, -0.05) is 0 Å². The Hall–Kier alpha value is -3.22. The molecule has 0 fully saturated rings. The van der Waals surface area contributed by atoms with Gasteiger partial charge >= 0.3 is 5.97 Å². The first kappa shape index (κ1) is 19.1. The number of benzene rings is 2. The summed E-state index contributed by atoms with van der Waals surface area (Å²) in [6, 6.07) is 9.91. The number of methoxy groups -OCH3 is 2. The molecule has 7 nitrogen and oxygen atoms in total. The van der Waals surface area contributed by atoms with Crippen LogP contribution in [0.1, 0.15) is 22.8 Å². The van der Waals surface area contributed by atoms with Crippen molar-refractivity contribution in [1.29, 1.82) is 0 Å². The number of carboxylic acids is 1. The van der Waals surface area contributed by atoms with E-state index in [-0.39, 0.29) is 17.7 Å². The van der Waals surface area contributed by atoms with Crippen molar-refractivity contribution in [3.8, 4) is 17.2 Å². The lowest BCUT2D eigenvalue weighted by atomic mass is 10.0. The van der Waals surface area contributed by atoms with Gasteiger partial charge in [0.15, 0.2) is 0 Å². The van der Waals surface area contributed by atoms with E-state index in [0.29, 0.717) is 29.4 Å². The molecule has 2 rings (SSSR count). The zero-order chi connectivity index (χ0) is 19.1. The average molecular weight is 359 g/mol. The van der Waals surface area contributed by atoms with Crippen molar-refractivity contribution in [2.24, 2.45) is 0 Å². The molecule has 0 aliphatic heterocycles. The molecule has 0 aliphatic rings. The molecular formula is C19H21NO6. The molecule has 26 heavy (non-hydrogen) atoms. The number of carboxylic acid groups (broad SMARTS) is 1. The lowest BCUT2D eigenvalue weighted by molar-refractivity contribution is -0.136. The van der Waals surface area contributed by atoms with Crippen LogP contribution in [-0.4, -0.2) is 37.8 Å². The summed E-state index contributed by atoms with van der Waals surface area (Å²) in [5.74, 6) is -0.168. The second kappa shape index (κ2) is 8.75. The van der Waals surface area contributed by atoms with Crippen LogP contribution in [-0.2, 0) is 11.2 Å². The maximum absolute atomic E-state index is 12.8. The third-order valence-electron chi connectivity index (χ3n) is 3.60. The maximum Gasteiger partial charge on any atom is 0.307 e. The Morgan fingerprint density at radius 3 is 2.27 bits per heavy atom. The van der Waals surface area contributed by atoms with Gasteiger partial charge in [-0.2, -0.15) is 0 Å². The van der Waals surface area contributed by atoms with E-state index in [1.54, 1.807) is 43.5 Å². The number of hydrogen-bond acceptors (Lipinski definition) is 5. The van der Waals surface area contributed by atoms with E-state index in [4.69, 9.17) is 14.2 Å². The Morgan fingerprint density at radius 1 is 1.04 bits per heavy atom. The predicted octanol–water partition coefficient (Wildman–Crippen LogP) is 2.98. The summed E-state index contributed by atoms with van der Waals surface area (Å²) in [7, 11) is 2.97. The molecule has 0 aliphatic carbocycles. The summed E-state index contributed by atoms with van der Waals surface area (Å²) < 4.78 is 15.8. The Kier molecular flexibility index (Phi) is 6.43. The number of ether oxygens (including phenoxy) is 3. The number of rotatable bonds is 8. The van der Waals surface area contributed by atoms with Crippen molar-refractivity contribution in [3.63, 3.8) is 0 Å². The third-order valence-corrected chi connectivity index (χ3v) is 3.60. The van der Waals surface area contributed by atoms with Crippen LogP contribution in [0.25, 0.3) is 0 Å². The maximum atomic E-state index is 12.8. The fourth-order valence-corrected chi connectivity index (χ4v) is 2.48. The molecule has 0 radical (unpaired) electrons. The summed E-state index contributed by atoms with van der Waals surface area (Å²) in [6.45, 7) is 2.22. The quantitative estimate of drug-likeness (QED) is 0.752. The minimum Gasteiger partial charge on any atom is -0.497 e. The standard InChI is InChI=1S/C19H21NO6/c1-4-26-15-9-12(10-17(21)22)18(16(11-15)25-3)19(23)20-13-5-7-14(24-2)8-6-13/h5-9,11H,4,10H2,1-3H3,(H,20,23)(H,21,22). The second-order valence-electron chi connectivity index (χ2n) is 5.35. The number of amides is 1. The molecule has 0 aromatic heterocycles. The van der Waals surface area contributed by atoms with Crippen molar-refractivity contribution >= 4 is 17.6 Å². The van der Waals surface area contributed by atoms with Crippen LogP contribution in [0.15, 0.2) is 36.4 Å². The lowest BCUT2D eigenvalue weighted by Gasteiger charge is -2.16. The highest BCUT2D eigenvalue weighted by molar-refractivity contribution is 6.08. The number of anilines is 1. The normalized spacial score (nSPS) is 10.1. The van der Waals surface area contributed by atoms with Gasteiger partial charge in [-0.25, -0.2) is 0 Å². The van der Waals surface area contributed by atoms with Gasteiger partial charge in [0.2, 0.25) is 0 Å². The van der Waals surface area contributed by atoms with Gasteiger partial charge in [-0.05, 0) is 42.8 Å². The first-order valence-electron chi connectivity index (χ1n) is 7.99. The molecule has 0 saturated carbocycles. The summed E-state index contributed by atoms with van der Waals surface area (Å²) in [4.78, 5) is 24.0. The van der Waals surface area contributed by atoms with E-state index in [1.807, 2.05) is 6.92 Å². The lowest BCUT2D eigenvalue weighted by Crippen LogP contribution is -2.17. The van der Waals surface area contributed by atoms with Gasteiger partial charge in [-0.3, -0.25) is 9.59 Å². The van der Waals surface area contributed by atoms with Crippen LogP contribution >= 0.6 is 0 Å². The summed E-state index contributed by atoms with van der Waals surface area (Å²) >= 11 is 0. The average Bonchev–Trinajstić information content (AvgIpc) is 2.61. The zero-order valence-electron chi connectivity index (χ0n) is 14.9. The fourth-order valence-electron chi connectivity index (χ4n) is 2.48. The van der Waals surface area contributed by atoms with Gasteiger partial charge in [0.1, 0.15) is 17.2 Å². The van der Waals surface area contributed by atoms with E-state index in [1.165, 1.54) is 7.11 Å². The molecule has 2 aromatic carbocycles. The molecule has 7 heteroatoms. The van der Waals surface area contributed by atoms with E-state index < -0.39 is 11.9 Å². The fraction of sp³-hybridized carbons (Fsp3) is 0.263. The third kappa shape index (κ3) is 4.66. The predicted molar refractivity (Wildman–Crippen MR) is 96.5 cm³/mol. The van der Waals surface area contributed by atoms with Crippen molar-refractivity contribution in [1.82, 2.24) is 0 Å². The first-order valence-corrected chi connectivity index (χ1v) is 7.99. The molecule has 0 saturated heterocycles. The highest BCUT2D eigenvalue weighted by Crippen LogP contribution is 2.30. The molecule has 1 amide bonds. The molecule has 0 unspecified atom stereocenters. The molecule has 0 spiro atoms. The van der Waals surface area contributed by atoms with Gasteiger partial charge in [0.25, 0.3) is 5.91 Å². The van der Waals surface area contributed by atoms with Gasteiger partial charge in [0.05, 0.1) is 32.8 Å². The SMILES string of the molecule is CCOc1cc(CC(=O)O)c(C(=O)Nc2ccc(OC)cc2)c(OC)c1. The van der Waals surface area contributed by atoms with E-state index in [0.717, 1.165) is 0 Å². The van der Waals surface area contributed by atoms with Gasteiger partial charge < -0.3 is 24.6 Å². The smallest absolute Gasteiger partial charge is 0.307 e. The van der Waals surface area contributed by atoms with Gasteiger partial charge in [0, 0.05) is 11.8 Å². The van der Waals surface area contributed by atoms with Gasteiger partial charge in [-0.15, -0.1) is 0 Å². The number of aliphatic carboxylic acids is 1. The topological polar surface area (TPSA) is 94.1 Å². The number of nitrogens with one attached hydrogen (secondary N) is 1. The molecule has 0 atom stereocenters. The highest BCUT2D eigenvalue weighted by Gasteiger charge is 2.21. The van der Waals surface area contributed by atoms with Crippen LogP contribution in [0.4, 0.5) is 5.69 Å². The van der Waals surface area contributed by atoms with Crippen LogP contribution in [0.5, 0.6) is 17.2 Å². The minimum absolute atomic E-state index is 0.161. The van der Waals surface area contributed by atoms with Crippen molar-refractivity contribution in [2.45, 2.75) is 13.3 Å². The minimum atomic E-state index is -1.06. The molecule has 0 bridgehead atoms. The Bertz CT molecular complexity index is 785. The van der Waals surface area contributed by atoms with E-state index >= 15 is 0 Å². The Balaban J connectivity index is 2.39. The summed E-state index contributed by atoms with van der Waals surface area (Å²) in [5.41, 5.74) is 1.02. The molecule has 2 aromatic rings. The van der Waals surface area contributed by atoms with Crippen molar-refractivity contribution in [3.05, 3.63) is 47.5 Å². The van der Waals surface area contributed by atoms with E-state index in [9.17, 15) is 14.7 Å². The van der Waals surface area contributed by atoms with Crippen LogP contribution in [0.3, 0.4) is 0 Å². The number of carbonyl (C=O) groups excluding carboxylic acids is 1. The number of hydrogen-bond donors (Lipinski definition) is 2. The first-order chi connectivity index (χ1) is 12.5. The molecule has 2 N–H and O–H groups in total. The van der Waals surface area contributed by atoms with E-state index in [2.05, 4.69) is 5.32 Å². The largest absolute Gasteiger partial charge is 0.497 e. The zero-order valence-corrected chi connectivity index (χ0v) is 14.9. The number of carbonyl (C=O) groups is 2. The Labute approximate surface area is 151 Å². The highest BCUT2D eigenvalue weighted by atomic mass is 16.5. The second-order valence-corrected chi connectivity index (χ2v) is 5.35. The Morgan fingerprint density at radius 2 is 1.73 bits per heavy atom. The molecule has 138 valence electrons. The van der Waals surface area contributed by atoms with Crippen LogP contribution < -0.4 is 19.5 Å². The molecular weight excluding hydrogens is 338 g/mol. The summed E-state index contributed by atoms with van der Waals surface area (Å²) in [5, 5.41) is 11.9.